The summed E-state index contributed by atoms with van der Waals surface area (Å²) in [7, 11) is -3.18. The lowest BCUT2D eigenvalue weighted by Crippen LogP contribution is -2.45. The molecular formula is C15H23NO4S. The lowest BCUT2D eigenvalue weighted by Gasteiger charge is -2.30. The van der Waals surface area contributed by atoms with Crippen molar-refractivity contribution in [3.05, 3.63) is 35.9 Å². The van der Waals surface area contributed by atoms with Crippen LogP contribution in [0.1, 0.15) is 25.8 Å². The number of benzene rings is 1. The second-order valence-corrected chi connectivity index (χ2v) is 7.33. The minimum absolute atomic E-state index is 0.00901. The summed E-state index contributed by atoms with van der Waals surface area (Å²) in [4.78, 5) is 12.4. The molecule has 1 aromatic carbocycles. The number of carbonyl (C=O) groups is 1. The predicted molar refractivity (Wildman–Crippen MR) is 82.8 cm³/mol. The summed E-state index contributed by atoms with van der Waals surface area (Å²) in [6.45, 7) is 3.54. The van der Waals surface area contributed by atoms with Crippen LogP contribution in [0.15, 0.2) is 30.3 Å². The third-order valence-electron chi connectivity index (χ3n) is 3.62. The number of rotatable bonds is 8. The standard InChI is InChI=1S/C15H23NO4S/c1-3-20-14(17)15(12-16,10-11-21(18,19)4-2)13-8-6-5-7-9-13/h5-9H,3-4,10-12,16H2,1-2H3. The predicted octanol–water partition coefficient (Wildman–Crippen LogP) is 1.27. The molecule has 5 nitrogen and oxygen atoms in total. The van der Waals surface area contributed by atoms with E-state index in [-0.39, 0.29) is 31.1 Å². The maximum Gasteiger partial charge on any atom is 0.317 e. The quantitative estimate of drug-likeness (QED) is 0.730. The third kappa shape index (κ3) is 4.28. The first-order valence-electron chi connectivity index (χ1n) is 7.05. The van der Waals surface area contributed by atoms with Crippen molar-refractivity contribution in [2.24, 2.45) is 5.73 Å². The Bertz CT molecular complexity index is 556. The summed E-state index contributed by atoms with van der Waals surface area (Å²) in [6, 6.07) is 8.99. The van der Waals surface area contributed by atoms with E-state index in [2.05, 4.69) is 0 Å². The Morgan fingerprint density at radius 3 is 2.33 bits per heavy atom. The van der Waals surface area contributed by atoms with Crippen LogP contribution in [0.3, 0.4) is 0 Å². The highest BCUT2D eigenvalue weighted by Crippen LogP contribution is 2.29. The minimum Gasteiger partial charge on any atom is -0.465 e. The van der Waals surface area contributed by atoms with Crippen LogP contribution in [-0.4, -0.2) is 39.0 Å². The van der Waals surface area contributed by atoms with Crippen molar-refractivity contribution in [1.29, 1.82) is 0 Å². The Kier molecular flexibility index (Phi) is 6.36. The molecule has 1 atom stereocenters. The van der Waals surface area contributed by atoms with E-state index in [4.69, 9.17) is 10.5 Å². The van der Waals surface area contributed by atoms with E-state index in [0.29, 0.717) is 5.56 Å². The van der Waals surface area contributed by atoms with Gasteiger partial charge in [-0.2, -0.15) is 0 Å². The SMILES string of the molecule is CCOC(=O)C(CN)(CCS(=O)(=O)CC)c1ccccc1. The first kappa shape index (κ1) is 17.7. The fraction of sp³-hybridized carbons (Fsp3) is 0.533. The molecule has 21 heavy (non-hydrogen) atoms. The topological polar surface area (TPSA) is 86.5 Å². The van der Waals surface area contributed by atoms with E-state index in [9.17, 15) is 13.2 Å². The molecule has 0 fully saturated rings. The van der Waals surface area contributed by atoms with Gasteiger partial charge in [-0.05, 0) is 18.9 Å². The molecule has 0 radical (unpaired) electrons. The maximum absolute atomic E-state index is 12.4. The number of nitrogens with two attached hydrogens (primary N) is 1. The Hall–Kier alpha value is -1.40. The van der Waals surface area contributed by atoms with Crippen LogP contribution in [0.4, 0.5) is 0 Å². The van der Waals surface area contributed by atoms with Gasteiger partial charge in [0.05, 0.1) is 12.4 Å². The van der Waals surface area contributed by atoms with Crippen LogP contribution in [0.5, 0.6) is 0 Å². The van der Waals surface area contributed by atoms with Gasteiger partial charge in [-0.3, -0.25) is 4.79 Å². The van der Waals surface area contributed by atoms with Crippen LogP contribution >= 0.6 is 0 Å². The van der Waals surface area contributed by atoms with E-state index in [1.165, 1.54) is 0 Å². The number of hydrogen-bond acceptors (Lipinski definition) is 5. The highest BCUT2D eigenvalue weighted by atomic mass is 32.2. The monoisotopic (exact) mass is 313 g/mol. The van der Waals surface area contributed by atoms with E-state index in [1.807, 2.05) is 6.07 Å². The van der Waals surface area contributed by atoms with Gasteiger partial charge in [-0.25, -0.2) is 8.42 Å². The van der Waals surface area contributed by atoms with E-state index >= 15 is 0 Å². The lowest BCUT2D eigenvalue weighted by molar-refractivity contribution is -0.150. The molecule has 1 unspecified atom stereocenters. The number of hydrogen-bond donors (Lipinski definition) is 1. The van der Waals surface area contributed by atoms with Gasteiger partial charge in [0.15, 0.2) is 0 Å². The Balaban J connectivity index is 3.18. The summed E-state index contributed by atoms with van der Waals surface area (Å²) in [6.07, 6.45) is 0.127. The molecule has 0 aliphatic heterocycles. The van der Waals surface area contributed by atoms with E-state index in [1.54, 1.807) is 38.1 Å². The van der Waals surface area contributed by atoms with Gasteiger partial charge < -0.3 is 10.5 Å². The van der Waals surface area contributed by atoms with E-state index in [0.717, 1.165) is 0 Å². The van der Waals surface area contributed by atoms with Crippen molar-refractivity contribution in [2.75, 3.05) is 24.7 Å². The summed E-state index contributed by atoms with van der Waals surface area (Å²) >= 11 is 0. The average Bonchev–Trinajstić information content (AvgIpc) is 2.50. The van der Waals surface area contributed by atoms with Crippen molar-refractivity contribution in [1.82, 2.24) is 0 Å². The van der Waals surface area contributed by atoms with Gasteiger partial charge >= 0.3 is 5.97 Å². The Labute approximate surface area is 126 Å². The van der Waals surface area contributed by atoms with Crippen molar-refractivity contribution < 1.29 is 17.9 Å². The normalized spacial score (nSPS) is 14.4. The second kappa shape index (κ2) is 7.56. The average molecular weight is 313 g/mol. The van der Waals surface area contributed by atoms with Gasteiger partial charge in [0, 0.05) is 12.3 Å². The second-order valence-electron chi connectivity index (χ2n) is 4.86. The molecule has 0 saturated heterocycles. The maximum atomic E-state index is 12.4. The number of esters is 1. The molecule has 0 amide bonds. The van der Waals surface area contributed by atoms with Gasteiger partial charge in [-0.15, -0.1) is 0 Å². The molecule has 0 aliphatic carbocycles. The molecule has 0 saturated carbocycles. The molecule has 0 bridgehead atoms. The Morgan fingerprint density at radius 2 is 1.86 bits per heavy atom. The number of sulfone groups is 1. The molecule has 0 spiro atoms. The minimum atomic E-state index is -3.18. The zero-order valence-corrected chi connectivity index (χ0v) is 13.4. The van der Waals surface area contributed by atoms with Gasteiger partial charge in [-0.1, -0.05) is 37.3 Å². The molecule has 0 aromatic heterocycles. The number of carbonyl (C=O) groups excluding carboxylic acids is 1. The zero-order valence-electron chi connectivity index (χ0n) is 12.5. The zero-order chi connectivity index (χ0) is 15.9. The van der Waals surface area contributed by atoms with Crippen LogP contribution in [0.25, 0.3) is 0 Å². The van der Waals surface area contributed by atoms with Crippen molar-refractivity contribution >= 4 is 15.8 Å². The van der Waals surface area contributed by atoms with Crippen LogP contribution in [0.2, 0.25) is 0 Å². The summed E-state index contributed by atoms with van der Waals surface area (Å²) < 4.78 is 28.7. The first-order chi connectivity index (χ1) is 9.91. The Morgan fingerprint density at radius 1 is 1.24 bits per heavy atom. The highest BCUT2D eigenvalue weighted by molar-refractivity contribution is 7.91. The summed E-state index contributed by atoms with van der Waals surface area (Å²) in [5, 5.41) is 0. The largest absolute Gasteiger partial charge is 0.465 e. The molecule has 0 heterocycles. The summed E-state index contributed by atoms with van der Waals surface area (Å²) in [5.74, 6) is -0.510. The fourth-order valence-corrected chi connectivity index (χ4v) is 3.12. The fourth-order valence-electron chi connectivity index (χ4n) is 2.17. The van der Waals surface area contributed by atoms with Crippen molar-refractivity contribution in [3.63, 3.8) is 0 Å². The molecule has 6 heteroatoms. The molecule has 0 aliphatic rings. The molecule has 118 valence electrons. The van der Waals surface area contributed by atoms with Gasteiger partial charge in [0.1, 0.15) is 15.3 Å². The van der Waals surface area contributed by atoms with Crippen LogP contribution < -0.4 is 5.73 Å². The van der Waals surface area contributed by atoms with Crippen molar-refractivity contribution in [3.8, 4) is 0 Å². The van der Waals surface area contributed by atoms with Gasteiger partial charge in [0.25, 0.3) is 0 Å². The number of ether oxygens (including phenoxy) is 1. The molecule has 1 aromatic rings. The lowest BCUT2D eigenvalue weighted by atomic mass is 9.78. The van der Waals surface area contributed by atoms with Gasteiger partial charge in [0.2, 0.25) is 0 Å². The first-order valence-corrected chi connectivity index (χ1v) is 8.87. The van der Waals surface area contributed by atoms with Crippen LogP contribution in [-0.2, 0) is 24.8 Å². The van der Waals surface area contributed by atoms with Crippen molar-refractivity contribution in [2.45, 2.75) is 25.7 Å². The third-order valence-corrected chi connectivity index (χ3v) is 5.33. The molecular weight excluding hydrogens is 290 g/mol. The summed E-state index contributed by atoms with van der Waals surface area (Å²) in [5.41, 5.74) is 5.43. The molecule has 2 N–H and O–H groups in total. The highest BCUT2D eigenvalue weighted by Gasteiger charge is 2.41. The molecule has 1 rings (SSSR count). The van der Waals surface area contributed by atoms with Crippen LogP contribution in [0, 0.1) is 0 Å². The van der Waals surface area contributed by atoms with E-state index < -0.39 is 21.2 Å². The smallest absolute Gasteiger partial charge is 0.317 e.